The molecule has 2 unspecified atom stereocenters. The maximum absolute atomic E-state index is 3.71. The molecule has 1 aromatic rings. The summed E-state index contributed by atoms with van der Waals surface area (Å²) in [6.45, 7) is 5.86. The summed E-state index contributed by atoms with van der Waals surface area (Å²) in [4.78, 5) is 2.72. The third kappa shape index (κ3) is 2.19. The van der Waals surface area contributed by atoms with Crippen LogP contribution >= 0.6 is 0 Å². The maximum atomic E-state index is 3.71. The predicted octanol–water partition coefficient (Wildman–Crippen LogP) is 2.75. The van der Waals surface area contributed by atoms with Gasteiger partial charge in [0.15, 0.2) is 0 Å². The van der Waals surface area contributed by atoms with E-state index < -0.39 is 0 Å². The summed E-state index contributed by atoms with van der Waals surface area (Å²) < 4.78 is 0. The largest absolute Gasteiger partial charge is 0.309 e. The molecule has 1 saturated heterocycles. The van der Waals surface area contributed by atoms with E-state index >= 15 is 0 Å². The Bertz CT molecular complexity index is 396. The Kier molecular flexibility index (Phi) is 3.67. The Morgan fingerprint density at radius 3 is 2.72 bits per heavy atom. The molecule has 2 aliphatic rings. The quantitative estimate of drug-likeness (QED) is 0.879. The van der Waals surface area contributed by atoms with Crippen molar-refractivity contribution < 1.29 is 0 Å². The number of nitrogens with one attached hydrogen (secondary N) is 1. The van der Waals surface area contributed by atoms with E-state index in [0.717, 1.165) is 6.54 Å². The first-order chi connectivity index (χ1) is 8.90. The van der Waals surface area contributed by atoms with Crippen LogP contribution in [-0.4, -0.2) is 30.6 Å². The lowest BCUT2D eigenvalue weighted by atomic mass is 10.0. The molecule has 0 spiro atoms. The van der Waals surface area contributed by atoms with Gasteiger partial charge in [0.1, 0.15) is 0 Å². The summed E-state index contributed by atoms with van der Waals surface area (Å²) in [5.41, 5.74) is 3.09. The topological polar surface area (TPSA) is 15.3 Å². The molecule has 0 amide bonds. The first-order valence-electron chi connectivity index (χ1n) is 7.45. The minimum Gasteiger partial charge on any atom is -0.309 e. The van der Waals surface area contributed by atoms with Gasteiger partial charge in [0.05, 0.1) is 0 Å². The van der Waals surface area contributed by atoms with E-state index in [1.165, 1.54) is 44.3 Å². The van der Waals surface area contributed by atoms with E-state index in [1.54, 1.807) is 5.56 Å². The van der Waals surface area contributed by atoms with Gasteiger partial charge in [-0.3, -0.25) is 4.90 Å². The van der Waals surface area contributed by atoms with Crippen LogP contribution in [0.15, 0.2) is 24.3 Å². The minimum atomic E-state index is 0.546. The SMILES string of the molecule is CCNC1c2ccccc2CC1N1CCCCC1. The van der Waals surface area contributed by atoms with Crippen LogP contribution in [0.25, 0.3) is 0 Å². The molecule has 2 atom stereocenters. The summed E-state index contributed by atoms with van der Waals surface area (Å²) in [6.07, 6.45) is 5.41. The van der Waals surface area contributed by atoms with E-state index in [-0.39, 0.29) is 0 Å². The summed E-state index contributed by atoms with van der Waals surface area (Å²) >= 11 is 0. The number of hydrogen-bond acceptors (Lipinski definition) is 2. The lowest BCUT2D eigenvalue weighted by Crippen LogP contribution is -2.45. The fraction of sp³-hybridized carbons (Fsp3) is 0.625. The number of hydrogen-bond donors (Lipinski definition) is 1. The third-order valence-electron chi connectivity index (χ3n) is 4.49. The van der Waals surface area contributed by atoms with Crippen LogP contribution in [-0.2, 0) is 6.42 Å². The fourth-order valence-electron chi connectivity index (χ4n) is 3.63. The van der Waals surface area contributed by atoms with Crippen LogP contribution in [0.3, 0.4) is 0 Å². The highest BCUT2D eigenvalue weighted by molar-refractivity contribution is 5.37. The molecule has 1 aliphatic heterocycles. The zero-order valence-electron chi connectivity index (χ0n) is 11.4. The summed E-state index contributed by atoms with van der Waals surface area (Å²) in [5.74, 6) is 0. The van der Waals surface area contributed by atoms with Crippen molar-refractivity contribution in [3.8, 4) is 0 Å². The Balaban J connectivity index is 1.82. The van der Waals surface area contributed by atoms with Gasteiger partial charge in [-0.25, -0.2) is 0 Å². The van der Waals surface area contributed by atoms with Crippen molar-refractivity contribution in [3.05, 3.63) is 35.4 Å². The maximum Gasteiger partial charge on any atom is 0.0484 e. The molecule has 0 bridgehead atoms. The molecular formula is C16H24N2. The van der Waals surface area contributed by atoms with E-state index in [9.17, 15) is 0 Å². The Labute approximate surface area is 110 Å². The molecule has 98 valence electrons. The number of likely N-dealkylation sites (tertiary alicyclic amines) is 1. The van der Waals surface area contributed by atoms with Crippen molar-refractivity contribution in [1.29, 1.82) is 0 Å². The van der Waals surface area contributed by atoms with Crippen LogP contribution in [0.5, 0.6) is 0 Å². The Morgan fingerprint density at radius 1 is 1.17 bits per heavy atom. The zero-order chi connectivity index (χ0) is 12.4. The molecule has 3 rings (SSSR count). The van der Waals surface area contributed by atoms with Crippen LogP contribution < -0.4 is 5.32 Å². The fourth-order valence-corrected chi connectivity index (χ4v) is 3.63. The predicted molar refractivity (Wildman–Crippen MR) is 75.8 cm³/mol. The van der Waals surface area contributed by atoms with Gasteiger partial charge in [-0.05, 0) is 50.0 Å². The van der Waals surface area contributed by atoms with Gasteiger partial charge in [-0.15, -0.1) is 0 Å². The summed E-state index contributed by atoms with van der Waals surface area (Å²) in [5, 5.41) is 3.71. The first-order valence-corrected chi connectivity index (χ1v) is 7.45. The molecule has 2 heteroatoms. The molecule has 1 aromatic carbocycles. The monoisotopic (exact) mass is 244 g/mol. The van der Waals surface area contributed by atoms with E-state index in [2.05, 4.69) is 41.4 Å². The molecule has 1 N–H and O–H groups in total. The van der Waals surface area contributed by atoms with Crippen LogP contribution in [0, 0.1) is 0 Å². The van der Waals surface area contributed by atoms with Crippen LogP contribution in [0.1, 0.15) is 43.4 Å². The highest BCUT2D eigenvalue weighted by Crippen LogP contribution is 2.35. The molecule has 0 aromatic heterocycles. The molecule has 0 saturated carbocycles. The second-order valence-electron chi connectivity index (χ2n) is 5.60. The van der Waals surface area contributed by atoms with E-state index in [1.807, 2.05) is 0 Å². The van der Waals surface area contributed by atoms with Gasteiger partial charge in [0.2, 0.25) is 0 Å². The zero-order valence-corrected chi connectivity index (χ0v) is 11.4. The van der Waals surface area contributed by atoms with Crippen molar-refractivity contribution in [3.63, 3.8) is 0 Å². The van der Waals surface area contributed by atoms with Gasteiger partial charge in [0.25, 0.3) is 0 Å². The second kappa shape index (κ2) is 5.41. The molecule has 1 heterocycles. The highest BCUT2D eigenvalue weighted by Gasteiger charge is 2.35. The van der Waals surface area contributed by atoms with Gasteiger partial charge in [-0.2, -0.15) is 0 Å². The second-order valence-corrected chi connectivity index (χ2v) is 5.60. The number of nitrogens with zero attached hydrogens (tertiary/aromatic N) is 1. The lowest BCUT2D eigenvalue weighted by Gasteiger charge is -2.36. The van der Waals surface area contributed by atoms with Crippen LogP contribution in [0.4, 0.5) is 0 Å². The first kappa shape index (κ1) is 12.2. The number of fused-ring (bicyclic) bond motifs is 1. The lowest BCUT2D eigenvalue weighted by molar-refractivity contribution is 0.139. The van der Waals surface area contributed by atoms with Gasteiger partial charge >= 0.3 is 0 Å². The highest BCUT2D eigenvalue weighted by atomic mass is 15.2. The standard InChI is InChI=1S/C16H24N2/c1-2-17-16-14-9-5-4-8-13(14)12-15(16)18-10-6-3-7-11-18/h4-5,8-9,15-17H,2-3,6-7,10-12H2,1H3. The van der Waals surface area contributed by atoms with Crippen molar-refractivity contribution in [2.75, 3.05) is 19.6 Å². The van der Waals surface area contributed by atoms with Crippen molar-refractivity contribution in [2.45, 2.75) is 44.7 Å². The molecule has 2 nitrogen and oxygen atoms in total. The number of likely N-dealkylation sites (N-methyl/N-ethyl adjacent to an activating group) is 1. The Morgan fingerprint density at radius 2 is 1.94 bits per heavy atom. The van der Waals surface area contributed by atoms with E-state index in [0.29, 0.717) is 12.1 Å². The molecule has 1 aliphatic carbocycles. The Hall–Kier alpha value is -0.860. The number of rotatable bonds is 3. The molecular weight excluding hydrogens is 220 g/mol. The van der Waals surface area contributed by atoms with Crippen molar-refractivity contribution >= 4 is 0 Å². The number of benzene rings is 1. The third-order valence-corrected chi connectivity index (χ3v) is 4.49. The van der Waals surface area contributed by atoms with Crippen molar-refractivity contribution in [1.82, 2.24) is 10.2 Å². The smallest absolute Gasteiger partial charge is 0.0484 e. The summed E-state index contributed by atoms with van der Waals surface area (Å²) in [6, 6.07) is 10.2. The molecule has 18 heavy (non-hydrogen) atoms. The van der Waals surface area contributed by atoms with Gasteiger partial charge < -0.3 is 5.32 Å². The number of piperidine rings is 1. The minimum absolute atomic E-state index is 0.546. The van der Waals surface area contributed by atoms with Gasteiger partial charge in [0, 0.05) is 12.1 Å². The van der Waals surface area contributed by atoms with Gasteiger partial charge in [-0.1, -0.05) is 37.6 Å². The van der Waals surface area contributed by atoms with Crippen LogP contribution in [0.2, 0.25) is 0 Å². The average Bonchev–Trinajstić information content (AvgIpc) is 2.80. The average molecular weight is 244 g/mol. The normalized spacial score (nSPS) is 28.3. The molecule has 1 fully saturated rings. The van der Waals surface area contributed by atoms with E-state index in [4.69, 9.17) is 0 Å². The summed E-state index contributed by atoms with van der Waals surface area (Å²) in [7, 11) is 0. The molecule has 0 radical (unpaired) electrons. The van der Waals surface area contributed by atoms with Crippen molar-refractivity contribution in [2.24, 2.45) is 0 Å².